The molecule has 3 aromatic carbocycles. The van der Waals surface area contributed by atoms with Gasteiger partial charge >= 0.3 is 5.97 Å². The van der Waals surface area contributed by atoms with E-state index in [1.807, 2.05) is 50.2 Å². The number of aromatic nitrogens is 3. The number of thioether (sulfide) groups is 1. The van der Waals surface area contributed by atoms with Crippen molar-refractivity contribution in [2.24, 2.45) is 0 Å². The third kappa shape index (κ3) is 7.97. The highest BCUT2D eigenvalue weighted by atomic mass is 79.9. The van der Waals surface area contributed by atoms with Crippen molar-refractivity contribution in [2.75, 3.05) is 11.9 Å². The number of aryl methyl sites for hydroxylation is 3. The molecule has 0 bridgehead atoms. The molecule has 2 aliphatic rings. The maximum absolute atomic E-state index is 14.1. The van der Waals surface area contributed by atoms with Crippen molar-refractivity contribution >= 4 is 51.2 Å². The van der Waals surface area contributed by atoms with E-state index < -0.39 is 6.04 Å². The van der Waals surface area contributed by atoms with Gasteiger partial charge in [0.25, 0.3) is 0 Å². The number of nitrogens with one attached hydrogen (secondary N) is 1. The zero-order valence-corrected chi connectivity index (χ0v) is 31.7. The number of hydrogen-bond acceptors (Lipinski definition) is 8. The van der Waals surface area contributed by atoms with Crippen LogP contribution in [0.1, 0.15) is 85.4 Å². The summed E-state index contributed by atoms with van der Waals surface area (Å²) in [5.74, 6) is 1.95. The van der Waals surface area contributed by atoms with Gasteiger partial charge in [-0.15, -0.1) is 5.10 Å². The number of rotatable bonds is 11. The van der Waals surface area contributed by atoms with Crippen LogP contribution in [0.4, 0.5) is 5.95 Å². The Balaban J connectivity index is 1.37. The number of nitrogens with zero attached hydrogens (tertiary/aromatic N) is 3. The number of ether oxygens (including phenoxy) is 3. The van der Waals surface area contributed by atoms with E-state index in [1.54, 1.807) is 4.68 Å². The molecule has 1 aromatic heterocycles. The molecule has 1 aliphatic carbocycles. The minimum absolute atomic E-state index is 0.101. The number of carbonyl (C=O) groups is 1. The van der Waals surface area contributed by atoms with Gasteiger partial charge in [0.15, 0.2) is 11.5 Å². The van der Waals surface area contributed by atoms with Gasteiger partial charge in [-0.25, -0.2) is 9.48 Å². The maximum atomic E-state index is 14.1. The molecule has 1 saturated carbocycles. The lowest BCUT2D eigenvalue weighted by atomic mass is 9.94. The number of esters is 1. The van der Waals surface area contributed by atoms with Gasteiger partial charge in [-0.3, -0.25) is 0 Å². The van der Waals surface area contributed by atoms with E-state index in [4.69, 9.17) is 35.9 Å². The van der Waals surface area contributed by atoms with Crippen molar-refractivity contribution in [3.63, 3.8) is 0 Å². The normalized spacial score (nSPS) is 16.3. The minimum Gasteiger partial charge on any atom is -0.490 e. The van der Waals surface area contributed by atoms with E-state index in [9.17, 15) is 4.79 Å². The first-order valence-electron chi connectivity index (χ1n) is 16.8. The molecule has 1 unspecified atom stereocenters. The summed E-state index contributed by atoms with van der Waals surface area (Å²) in [5.41, 5.74) is 7.70. The molecule has 258 valence electrons. The van der Waals surface area contributed by atoms with E-state index in [1.165, 1.54) is 34.9 Å². The van der Waals surface area contributed by atoms with Gasteiger partial charge in [0, 0.05) is 16.5 Å². The third-order valence-electron chi connectivity index (χ3n) is 9.17. The van der Waals surface area contributed by atoms with E-state index in [0.29, 0.717) is 62.3 Å². The Morgan fingerprint density at radius 3 is 2.51 bits per heavy atom. The van der Waals surface area contributed by atoms with Crippen LogP contribution in [0.5, 0.6) is 11.5 Å². The fourth-order valence-corrected chi connectivity index (χ4v) is 8.08. The monoisotopic (exact) mass is 764 g/mol. The highest BCUT2D eigenvalue weighted by Crippen LogP contribution is 2.44. The highest BCUT2D eigenvalue weighted by molar-refractivity contribution is 9.10. The maximum Gasteiger partial charge on any atom is 0.338 e. The SMILES string of the molecule is CCOc1cc(C2C(C(=O)OC3CCCCC3)=C(C)Nc3nc(SCc4ccccc4Cl)nn32)cc(Br)c1OCc1cc(C)c(C)cc1C. The average Bonchev–Trinajstić information content (AvgIpc) is 3.48. The number of benzene rings is 3. The third-order valence-corrected chi connectivity index (χ3v) is 11.0. The fourth-order valence-electron chi connectivity index (χ4n) is 6.40. The first-order valence-corrected chi connectivity index (χ1v) is 19.0. The molecule has 1 fully saturated rings. The Morgan fingerprint density at radius 2 is 1.76 bits per heavy atom. The first-order chi connectivity index (χ1) is 23.6. The molecule has 8 nitrogen and oxygen atoms in total. The molecule has 2 heterocycles. The molecule has 0 amide bonds. The van der Waals surface area contributed by atoms with Gasteiger partial charge in [0.1, 0.15) is 18.8 Å². The van der Waals surface area contributed by atoms with Crippen LogP contribution in [0.15, 0.2) is 69.4 Å². The Bertz CT molecular complexity index is 1890. The second-order valence-corrected chi connectivity index (χ2v) is 14.9. The van der Waals surface area contributed by atoms with Gasteiger partial charge in [0.05, 0.1) is 16.7 Å². The van der Waals surface area contributed by atoms with Crippen molar-refractivity contribution < 1.29 is 19.0 Å². The van der Waals surface area contributed by atoms with Crippen LogP contribution in [0.25, 0.3) is 0 Å². The fraction of sp³-hybridized carbons (Fsp3) is 0.395. The van der Waals surface area contributed by atoms with Crippen molar-refractivity contribution in [1.29, 1.82) is 0 Å². The van der Waals surface area contributed by atoms with Crippen LogP contribution in [0, 0.1) is 20.8 Å². The van der Waals surface area contributed by atoms with Gasteiger partial charge in [-0.05, 0) is 128 Å². The van der Waals surface area contributed by atoms with Crippen LogP contribution >= 0.6 is 39.3 Å². The molecule has 49 heavy (non-hydrogen) atoms. The van der Waals surface area contributed by atoms with Gasteiger partial charge in [-0.2, -0.15) is 4.98 Å². The quantitative estimate of drug-likeness (QED) is 0.119. The van der Waals surface area contributed by atoms with Gasteiger partial charge in [-0.1, -0.05) is 60.1 Å². The lowest BCUT2D eigenvalue weighted by Gasteiger charge is -2.30. The molecule has 0 saturated heterocycles. The Morgan fingerprint density at radius 1 is 1.00 bits per heavy atom. The molecule has 0 spiro atoms. The number of halogens is 2. The van der Waals surface area contributed by atoms with Gasteiger partial charge in [0.2, 0.25) is 11.1 Å². The molecule has 4 aromatic rings. The number of allylic oxidation sites excluding steroid dienone is 1. The smallest absolute Gasteiger partial charge is 0.338 e. The van der Waals surface area contributed by atoms with Crippen molar-refractivity contribution in [2.45, 2.75) is 96.4 Å². The molecular weight excluding hydrogens is 724 g/mol. The summed E-state index contributed by atoms with van der Waals surface area (Å²) >= 11 is 11.7. The second kappa shape index (κ2) is 15.6. The summed E-state index contributed by atoms with van der Waals surface area (Å²) in [7, 11) is 0. The lowest BCUT2D eigenvalue weighted by molar-refractivity contribution is -0.146. The largest absolute Gasteiger partial charge is 0.490 e. The molecule has 1 atom stereocenters. The van der Waals surface area contributed by atoms with Crippen LogP contribution in [-0.4, -0.2) is 33.4 Å². The van der Waals surface area contributed by atoms with Crippen LogP contribution in [-0.2, 0) is 21.9 Å². The Kier molecular flexibility index (Phi) is 11.3. The number of hydrogen-bond donors (Lipinski definition) is 1. The standard InChI is InChI=1S/C38H42BrClN4O4S/c1-6-46-32-19-27(18-30(39)35(32)47-20-28-17-23(3)22(2)16-24(28)4)34-33(36(45)48-29-13-8-7-9-14-29)25(5)41-37-42-38(43-44(34)37)49-21-26-12-10-11-15-31(26)40/h10-12,15-19,29,34H,6-9,13-14,20-21H2,1-5H3,(H,41,42,43). The first kappa shape index (κ1) is 35.4. The van der Waals surface area contributed by atoms with E-state index in [0.717, 1.165) is 42.4 Å². The molecular formula is C38H42BrClN4O4S. The van der Waals surface area contributed by atoms with Crippen molar-refractivity contribution in [1.82, 2.24) is 14.8 Å². The molecule has 1 N–H and O–H groups in total. The number of carbonyl (C=O) groups excluding carboxylic acids is 1. The predicted molar refractivity (Wildman–Crippen MR) is 199 cm³/mol. The molecule has 6 rings (SSSR count). The van der Waals surface area contributed by atoms with Crippen LogP contribution < -0.4 is 14.8 Å². The summed E-state index contributed by atoms with van der Waals surface area (Å²) in [5, 5.41) is 9.53. The summed E-state index contributed by atoms with van der Waals surface area (Å²) in [6.45, 7) is 11.0. The molecule has 0 radical (unpaired) electrons. The summed E-state index contributed by atoms with van der Waals surface area (Å²) < 4.78 is 21.3. The van der Waals surface area contributed by atoms with E-state index in [-0.39, 0.29) is 12.1 Å². The van der Waals surface area contributed by atoms with E-state index in [2.05, 4.69) is 54.2 Å². The lowest BCUT2D eigenvalue weighted by Crippen LogP contribution is -2.32. The van der Waals surface area contributed by atoms with Crippen molar-refractivity contribution in [3.05, 3.63) is 103 Å². The average molecular weight is 766 g/mol. The summed E-state index contributed by atoms with van der Waals surface area (Å²) in [6.07, 6.45) is 4.94. The number of anilines is 1. The number of fused-ring (bicyclic) bond motifs is 1. The van der Waals surface area contributed by atoms with Gasteiger partial charge < -0.3 is 19.5 Å². The summed E-state index contributed by atoms with van der Waals surface area (Å²) in [6, 6.07) is 15.4. The minimum atomic E-state index is -0.624. The zero-order valence-electron chi connectivity index (χ0n) is 28.6. The predicted octanol–water partition coefficient (Wildman–Crippen LogP) is 10.1. The van der Waals surface area contributed by atoms with Crippen LogP contribution in [0.2, 0.25) is 5.02 Å². The zero-order chi connectivity index (χ0) is 34.7. The summed E-state index contributed by atoms with van der Waals surface area (Å²) in [4.78, 5) is 18.9. The Labute approximate surface area is 306 Å². The van der Waals surface area contributed by atoms with Crippen molar-refractivity contribution in [3.8, 4) is 11.5 Å². The molecule has 1 aliphatic heterocycles. The molecule has 11 heteroatoms. The van der Waals surface area contributed by atoms with E-state index >= 15 is 0 Å². The second-order valence-electron chi connectivity index (χ2n) is 12.7. The highest BCUT2D eigenvalue weighted by Gasteiger charge is 2.37. The van der Waals surface area contributed by atoms with Crippen LogP contribution in [0.3, 0.4) is 0 Å². The Hall–Kier alpha value is -3.47. The topological polar surface area (TPSA) is 87.5 Å².